The summed E-state index contributed by atoms with van der Waals surface area (Å²) in [5.41, 5.74) is 4.74. The first kappa shape index (κ1) is 24.7. The predicted octanol–water partition coefficient (Wildman–Crippen LogP) is 5.91. The number of carbonyl (C=O) groups is 2. The number of benzene rings is 3. The molecule has 5 nitrogen and oxygen atoms in total. The lowest BCUT2D eigenvalue weighted by atomic mass is 10.1. The number of ether oxygens (including phenoxy) is 1. The van der Waals surface area contributed by atoms with Crippen LogP contribution in [-0.4, -0.2) is 30.2 Å². The van der Waals surface area contributed by atoms with E-state index in [-0.39, 0.29) is 33.3 Å². The number of hydrogen-bond acceptors (Lipinski definition) is 5. The zero-order chi connectivity index (χ0) is 24.7. The van der Waals surface area contributed by atoms with Gasteiger partial charge in [0, 0.05) is 11.1 Å². The van der Waals surface area contributed by atoms with Gasteiger partial charge in [0.1, 0.15) is 5.70 Å². The fourth-order valence-corrected chi connectivity index (χ4v) is 2.96. The van der Waals surface area contributed by atoms with Crippen LogP contribution in [0.25, 0.3) is 0 Å². The number of alkyl halides is 3. The lowest BCUT2D eigenvalue weighted by Crippen LogP contribution is -2.21. The minimum Gasteiger partial charge on any atom is -0.454 e. The van der Waals surface area contributed by atoms with Crippen LogP contribution in [-0.2, 0) is 4.74 Å². The van der Waals surface area contributed by atoms with Gasteiger partial charge in [-0.15, -0.1) is 0 Å². The van der Waals surface area contributed by atoms with Crippen LogP contribution in [0, 0.1) is 0 Å². The summed E-state index contributed by atoms with van der Waals surface area (Å²) in [5, 5.41) is 0.238. The van der Waals surface area contributed by atoms with Gasteiger partial charge in [0.25, 0.3) is 0 Å². The van der Waals surface area contributed by atoms with Crippen LogP contribution in [0.5, 0.6) is 0 Å². The van der Waals surface area contributed by atoms with E-state index in [9.17, 15) is 22.8 Å². The third-order valence-electron chi connectivity index (χ3n) is 4.56. The Hall–Kier alpha value is -3.91. The van der Waals surface area contributed by atoms with E-state index >= 15 is 0 Å². The molecule has 2 N–H and O–H groups in total. The minimum absolute atomic E-state index is 0.106. The van der Waals surface area contributed by atoms with E-state index in [1.807, 2.05) is 0 Å². The molecule has 0 aliphatic carbocycles. The number of nitrogens with zero attached hydrogens (tertiary/aromatic N) is 1. The summed E-state index contributed by atoms with van der Waals surface area (Å²) in [6, 6.07) is 20.2. The number of aliphatic imine (C=N–C) groups is 1. The van der Waals surface area contributed by atoms with Gasteiger partial charge in [-0.05, 0) is 30.3 Å². The van der Waals surface area contributed by atoms with Crippen molar-refractivity contribution >= 4 is 34.8 Å². The summed E-state index contributed by atoms with van der Waals surface area (Å²) in [4.78, 5) is 28.6. The summed E-state index contributed by atoms with van der Waals surface area (Å²) < 4.78 is 44.1. The molecule has 0 aromatic heterocycles. The maximum absolute atomic E-state index is 13.0. The number of esters is 1. The maximum atomic E-state index is 13.0. The van der Waals surface area contributed by atoms with Crippen LogP contribution in [0.15, 0.2) is 95.6 Å². The molecule has 0 bridgehead atoms. The van der Waals surface area contributed by atoms with Gasteiger partial charge < -0.3 is 10.5 Å². The molecule has 3 aromatic rings. The van der Waals surface area contributed by atoms with Crippen molar-refractivity contribution in [3.8, 4) is 0 Å². The Morgan fingerprint density at radius 2 is 1.47 bits per heavy atom. The monoisotopic (exact) mass is 486 g/mol. The highest BCUT2D eigenvalue weighted by atomic mass is 35.5. The standard InChI is InChI=1S/C25H18ClF3N2O3/c26-19-8-4-5-9-20(19)31-21(14-23(30)25(27,28)29)16-10-12-18(13-11-16)24(33)34-15-22(32)17-6-2-1-3-7-17/h1-14H,15,30H2/b23-14-,31-21?. The van der Waals surface area contributed by atoms with Gasteiger partial charge in [0.2, 0.25) is 0 Å². The van der Waals surface area contributed by atoms with Gasteiger partial charge in [-0.2, -0.15) is 13.2 Å². The third-order valence-corrected chi connectivity index (χ3v) is 4.88. The number of para-hydroxylation sites is 1. The van der Waals surface area contributed by atoms with Crippen molar-refractivity contribution in [2.75, 3.05) is 6.61 Å². The van der Waals surface area contributed by atoms with Gasteiger partial charge in [-0.3, -0.25) is 4.79 Å². The summed E-state index contributed by atoms with van der Waals surface area (Å²) >= 11 is 6.08. The van der Waals surface area contributed by atoms with E-state index < -0.39 is 24.4 Å². The van der Waals surface area contributed by atoms with Crippen LogP contribution in [0.3, 0.4) is 0 Å². The van der Waals surface area contributed by atoms with Crippen molar-refractivity contribution in [2.45, 2.75) is 6.18 Å². The van der Waals surface area contributed by atoms with Crippen molar-refractivity contribution in [1.29, 1.82) is 0 Å². The molecule has 0 aliphatic heterocycles. The molecule has 0 heterocycles. The highest BCUT2D eigenvalue weighted by Crippen LogP contribution is 2.27. The molecule has 34 heavy (non-hydrogen) atoms. The highest BCUT2D eigenvalue weighted by Gasteiger charge is 2.31. The molecule has 0 aliphatic rings. The van der Waals surface area contributed by atoms with E-state index in [4.69, 9.17) is 22.1 Å². The lowest BCUT2D eigenvalue weighted by molar-refractivity contribution is -0.0925. The van der Waals surface area contributed by atoms with E-state index in [0.29, 0.717) is 11.6 Å². The Morgan fingerprint density at radius 3 is 2.09 bits per heavy atom. The van der Waals surface area contributed by atoms with Crippen molar-refractivity contribution in [2.24, 2.45) is 10.7 Å². The van der Waals surface area contributed by atoms with Crippen molar-refractivity contribution in [3.05, 3.63) is 112 Å². The van der Waals surface area contributed by atoms with Gasteiger partial charge >= 0.3 is 12.1 Å². The number of rotatable bonds is 7. The molecule has 174 valence electrons. The summed E-state index contributed by atoms with van der Waals surface area (Å²) in [6.07, 6.45) is -4.06. The first-order chi connectivity index (χ1) is 16.1. The summed E-state index contributed by atoms with van der Waals surface area (Å²) in [6.45, 7) is -0.450. The molecule has 3 aromatic carbocycles. The second kappa shape index (κ2) is 10.8. The van der Waals surface area contributed by atoms with E-state index in [0.717, 1.165) is 0 Å². The Balaban J connectivity index is 1.82. The van der Waals surface area contributed by atoms with E-state index in [1.165, 1.54) is 30.3 Å². The zero-order valence-electron chi connectivity index (χ0n) is 17.6. The molecule has 0 radical (unpaired) electrons. The number of nitrogens with two attached hydrogens (primary N) is 1. The van der Waals surface area contributed by atoms with Crippen LogP contribution < -0.4 is 5.73 Å². The highest BCUT2D eigenvalue weighted by molar-refractivity contribution is 6.33. The van der Waals surface area contributed by atoms with Crippen molar-refractivity contribution in [3.63, 3.8) is 0 Å². The normalized spacial score (nSPS) is 12.4. The topological polar surface area (TPSA) is 81.8 Å². The second-order valence-corrected chi connectivity index (χ2v) is 7.40. The van der Waals surface area contributed by atoms with Crippen molar-refractivity contribution < 1.29 is 27.5 Å². The molecule has 0 amide bonds. The Kier molecular flexibility index (Phi) is 7.86. The van der Waals surface area contributed by atoms with Crippen molar-refractivity contribution in [1.82, 2.24) is 0 Å². The second-order valence-electron chi connectivity index (χ2n) is 6.99. The number of hydrogen-bond donors (Lipinski definition) is 1. The number of allylic oxidation sites excluding steroid dienone is 2. The fraction of sp³-hybridized carbons (Fsp3) is 0.0800. The first-order valence-electron chi connectivity index (χ1n) is 9.88. The Morgan fingerprint density at radius 1 is 0.882 bits per heavy atom. The average Bonchev–Trinajstić information content (AvgIpc) is 2.83. The fourth-order valence-electron chi connectivity index (χ4n) is 2.78. The molecule has 0 fully saturated rings. The molecule has 3 rings (SSSR count). The molecule has 0 saturated carbocycles. The molecular weight excluding hydrogens is 469 g/mol. The van der Waals surface area contributed by atoms with Crippen LogP contribution in [0.2, 0.25) is 5.02 Å². The molecule has 0 spiro atoms. The van der Waals surface area contributed by atoms with E-state index in [2.05, 4.69) is 4.99 Å². The van der Waals surface area contributed by atoms with Gasteiger partial charge in [0.05, 0.1) is 22.0 Å². The minimum atomic E-state index is -4.75. The maximum Gasteiger partial charge on any atom is 0.430 e. The molecule has 0 saturated heterocycles. The molecule has 9 heteroatoms. The quantitative estimate of drug-likeness (QED) is 0.256. The smallest absolute Gasteiger partial charge is 0.430 e. The summed E-state index contributed by atoms with van der Waals surface area (Å²) in [5.74, 6) is -1.13. The molecular formula is C25H18ClF3N2O3. The number of Topliss-reactive ketones (excluding diaryl/α,β-unsaturated/α-hetero) is 1. The van der Waals surface area contributed by atoms with Gasteiger partial charge in [-0.25, -0.2) is 9.79 Å². The SMILES string of the molecule is N/C(=C\C(=Nc1ccccc1Cl)c1ccc(C(=O)OCC(=O)c2ccccc2)cc1)C(F)(F)F. The zero-order valence-corrected chi connectivity index (χ0v) is 18.3. The molecule has 0 unspecified atom stereocenters. The number of carbonyl (C=O) groups excluding carboxylic acids is 2. The van der Waals surface area contributed by atoms with Crippen LogP contribution in [0.1, 0.15) is 26.3 Å². The first-order valence-corrected chi connectivity index (χ1v) is 10.3. The number of ketones is 1. The third kappa shape index (κ3) is 6.55. The largest absolute Gasteiger partial charge is 0.454 e. The Labute approximate surface area is 198 Å². The van der Waals surface area contributed by atoms with Gasteiger partial charge in [-0.1, -0.05) is 66.2 Å². The predicted molar refractivity (Wildman–Crippen MR) is 123 cm³/mol. The Bertz CT molecular complexity index is 1240. The van der Waals surface area contributed by atoms with Gasteiger partial charge in [0.15, 0.2) is 12.4 Å². The van der Waals surface area contributed by atoms with Crippen LogP contribution in [0.4, 0.5) is 18.9 Å². The summed E-state index contributed by atoms with van der Waals surface area (Å²) in [7, 11) is 0. The van der Waals surface area contributed by atoms with E-state index in [1.54, 1.807) is 48.5 Å². The molecule has 0 atom stereocenters. The average molecular weight is 487 g/mol. The van der Waals surface area contributed by atoms with Crippen LogP contribution >= 0.6 is 11.6 Å². The lowest BCUT2D eigenvalue weighted by Gasteiger charge is -2.10. The number of halogens is 4.